The third-order valence-electron chi connectivity index (χ3n) is 4.44. The Morgan fingerprint density at radius 1 is 1.16 bits per heavy atom. The summed E-state index contributed by atoms with van der Waals surface area (Å²) in [5.74, 6) is 1.40. The summed E-state index contributed by atoms with van der Waals surface area (Å²) in [6.07, 6.45) is 10.9. The van der Waals surface area contributed by atoms with Gasteiger partial charge in [0.2, 0.25) is 5.95 Å². The molecule has 0 bridgehead atoms. The molecule has 2 heterocycles. The van der Waals surface area contributed by atoms with E-state index in [1.54, 1.807) is 18.1 Å². The summed E-state index contributed by atoms with van der Waals surface area (Å²) in [6.45, 7) is 0.425. The monoisotopic (exact) mass is 363 g/mol. The van der Waals surface area contributed by atoms with Crippen molar-refractivity contribution in [3.63, 3.8) is 0 Å². The number of imidazole rings is 1. The maximum absolute atomic E-state index is 9.32. The van der Waals surface area contributed by atoms with Crippen molar-refractivity contribution in [3.05, 3.63) is 18.5 Å². The molecule has 2 aromatic rings. The van der Waals surface area contributed by atoms with Crippen molar-refractivity contribution >= 4 is 28.9 Å². The lowest BCUT2D eigenvalue weighted by atomic mass is 10.1. The fraction of sp³-hybridized carbons (Fsp3) is 0.588. The number of aromatic nitrogens is 4. The highest BCUT2D eigenvalue weighted by Gasteiger charge is 2.23. The highest BCUT2D eigenvalue weighted by atomic mass is 32.2. The second kappa shape index (κ2) is 8.64. The molecule has 25 heavy (non-hydrogen) atoms. The molecule has 0 aliphatic heterocycles. The number of allylic oxidation sites excluding steroid dienone is 1. The van der Waals surface area contributed by atoms with Gasteiger partial charge < -0.3 is 20.5 Å². The van der Waals surface area contributed by atoms with Crippen LogP contribution in [-0.2, 0) is 0 Å². The molecule has 0 amide bonds. The van der Waals surface area contributed by atoms with Crippen molar-refractivity contribution in [2.45, 2.75) is 43.2 Å². The van der Waals surface area contributed by atoms with Crippen molar-refractivity contribution < 1.29 is 10.2 Å². The number of nitrogens with two attached hydrogens (primary N) is 1. The smallest absolute Gasteiger partial charge is 0.223 e. The number of fused-ring (bicyclic) bond motifs is 1. The van der Waals surface area contributed by atoms with E-state index >= 15 is 0 Å². The van der Waals surface area contributed by atoms with Gasteiger partial charge in [-0.3, -0.25) is 0 Å². The number of thioether (sulfide) groups is 1. The van der Waals surface area contributed by atoms with Crippen LogP contribution in [0.1, 0.15) is 38.1 Å². The minimum Gasteiger partial charge on any atom is -0.396 e. The molecule has 2 aromatic heterocycles. The number of anilines is 1. The van der Waals surface area contributed by atoms with E-state index in [1.807, 2.05) is 10.6 Å². The van der Waals surface area contributed by atoms with Crippen LogP contribution >= 0.6 is 11.8 Å². The zero-order chi connectivity index (χ0) is 17.6. The number of nitrogen functional groups attached to an aromatic ring is 1. The molecular weight excluding hydrogens is 338 g/mol. The van der Waals surface area contributed by atoms with Gasteiger partial charge in [-0.2, -0.15) is 4.98 Å². The Morgan fingerprint density at radius 2 is 2.00 bits per heavy atom. The molecule has 4 N–H and O–H groups in total. The first kappa shape index (κ1) is 18.2. The molecule has 3 rings (SSSR count). The molecule has 0 unspecified atom stereocenters. The maximum Gasteiger partial charge on any atom is 0.223 e. The predicted molar refractivity (Wildman–Crippen MR) is 99.4 cm³/mol. The largest absolute Gasteiger partial charge is 0.396 e. The summed E-state index contributed by atoms with van der Waals surface area (Å²) in [7, 11) is 0. The molecule has 2 atom stereocenters. The topological polar surface area (TPSA) is 110 Å². The quantitative estimate of drug-likeness (QED) is 0.271. The van der Waals surface area contributed by atoms with E-state index in [1.165, 1.54) is 0 Å². The molecular formula is C17H25N5O2S. The Morgan fingerprint density at radius 3 is 2.76 bits per heavy atom. The van der Waals surface area contributed by atoms with E-state index in [4.69, 9.17) is 10.8 Å². The van der Waals surface area contributed by atoms with Gasteiger partial charge in [0.1, 0.15) is 10.5 Å². The van der Waals surface area contributed by atoms with Crippen LogP contribution in [0.3, 0.4) is 0 Å². The van der Waals surface area contributed by atoms with Crippen LogP contribution in [0.25, 0.3) is 11.2 Å². The number of hydrogen-bond acceptors (Lipinski definition) is 7. The molecule has 0 fully saturated rings. The van der Waals surface area contributed by atoms with E-state index in [9.17, 15) is 5.11 Å². The number of unbranched alkanes of at least 4 members (excludes halogenated alkanes) is 3. The Bertz CT molecular complexity index is 733. The van der Waals surface area contributed by atoms with Gasteiger partial charge in [-0.15, -0.1) is 11.8 Å². The van der Waals surface area contributed by atoms with Crippen molar-refractivity contribution in [1.29, 1.82) is 0 Å². The number of aliphatic hydroxyl groups is 2. The normalized spacial score (nSPS) is 19.9. The predicted octanol–water partition coefficient (Wildman–Crippen LogP) is 2.16. The number of rotatable bonds is 9. The molecule has 8 heteroatoms. The van der Waals surface area contributed by atoms with E-state index in [0.717, 1.165) is 54.0 Å². The first-order valence-corrected chi connectivity index (χ1v) is 9.74. The number of aliphatic hydroxyl groups excluding tert-OH is 2. The molecule has 0 spiro atoms. The van der Waals surface area contributed by atoms with Gasteiger partial charge in [-0.1, -0.05) is 25.0 Å². The fourth-order valence-electron chi connectivity index (χ4n) is 3.08. The summed E-state index contributed by atoms with van der Waals surface area (Å²) < 4.78 is 2.02. The summed E-state index contributed by atoms with van der Waals surface area (Å²) in [4.78, 5) is 13.3. The van der Waals surface area contributed by atoms with Crippen LogP contribution in [0.4, 0.5) is 5.95 Å². The third kappa shape index (κ3) is 4.31. The van der Waals surface area contributed by atoms with Crippen molar-refractivity contribution in [2.24, 2.45) is 5.92 Å². The summed E-state index contributed by atoms with van der Waals surface area (Å²) >= 11 is 1.66. The third-order valence-corrected chi connectivity index (χ3v) is 5.49. The summed E-state index contributed by atoms with van der Waals surface area (Å²) in [6, 6.07) is 0.146. The van der Waals surface area contributed by atoms with Crippen LogP contribution in [0.2, 0.25) is 0 Å². The molecule has 0 aromatic carbocycles. The van der Waals surface area contributed by atoms with E-state index < -0.39 is 0 Å². The fourth-order valence-corrected chi connectivity index (χ4v) is 4.06. The average Bonchev–Trinajstić information content (AvgIpc) is 3.24. The second-order valence-electron chi connectivity index (χ2n) is 6.33. The molecule has 0 saturated carbocycles. The minimum absolute atomic E-state index is 0.146. The molecule has 1 aliphatic rings. The average molecular weight is 363 g/mol. The second-order valence-corrected chi connectivity index (χ2v) is 7.41. The zero-order valence-electron chi connectivity index (χ0n) is 14.2. The van der Waals surface area contributed by atoms with E-state index in [2.05, 4.69) is 21.0 Å². The Balaban J connectivity index is 1.71. The van der Waals surface area contributed by atoms with Gasteiger partial charge in [0.15, 0.2) is 5.65 Å². The van der Waals surface area contributed by atoms with Crippen LogP contribution in [-0.4, -0.2) is 48.7 Å². The standard InChI is InChI=1S/C17H25N5O2S/c18-17-20-15-14(16(21-17)25-8-4-2-1-3-7-23)19-11-22(15)13-6-5-12(9-13)10-24/h5-6,11-13,23-24H,1-4,7-10H2,(H2,18,20,21)/t12-,13+/m0/s1. The van der Waals surface area contributed by atoms with Gasteiger partial charge in [0.25, 0.3) is 0 Å². The Kier molecular flexibility index (Phi) is 6.28. The Labute approximate surface area is 151 Å². The van der Waals surface area contributed by atoms with Gasteiger partial charge in [-0.25, -0.2) is 9.97 Å². The number of nitrogens with zero attached hydrogens (tertiary/aromatic N) is 4. The minimum atomic E-state index is 0.146. The summed E-state index contributed by atoms with van der Waals surface area (Å²) in [5, 5.41) is 19.0. The molecule has 7 nitrogen and oxygen atoms in total. The molecule has 0 saturated heterocycles. The van der Waals surface area contributed by atoms with Gasteiger partial charge >= 0.3 is 0 Å². The first-order valence-electron chi connectivity index (χ1n) is 8.75. The van der Waals surface area contributed by atoms with Crippen molar-refractivity contribution in [3.8, 4) is 0 Å². The summed E-state index contributed by atoms with van der Waals surface area (Å²) in [5.41, 5.74) is 7.45. The lowest BCUT2D eigenvalue weighted by molar-refractivity contribution is 0.244. The lowest BCUT2D eigenvalue weighted by Crippen LogP contribution is -2.08. The molecule has 1 aliphatic carbocycles. The van der Waals surface area contributed by atoms with Gasteiger partial charge in [0.05, 0.1) is 12.4 Å². The zero-order valence-corrected chi connectivity index (χ0v) is 15.0. The van der Waals surface area contributed by atoms with Crippen LogP contribution in [0.5, 0.6) is 0 Å². The van der Waals surface area contributed by atoms with E-state index in [-0.39, 0.29) is 31.1 Å². The van der Waals surface area contributed by atoms with Crippen molar-refractivity contribution in [2.75, 3.05) is 24.7 Å². The lowest BCUT2D eigenvalue weighted by Gasteiger charge is -2.13. The van der Waals surface area contributed by atoms with Crippen molar-refractivity contribution in [1.82, 2.24) is 19.5 Å². The van der Waals surface area contributed by atoms with Crippen LogP contribution in [0, 0.1) is 5.92 Å². The van der Waals surface area contributed by atoms with Crippen LogP contribution < -0.4 is 5.73 Å². The SMILES string of the molecule is Nc1nc(SCCCCCCO)c2ncn([C@@H]3C=C[C@H](CO)C3)c2n1. The van der Waals surface area contributed by atoms with Gasteiger partial charge in [-0.05, 0) is 25.0 Å². The molecule has 136 valence electrons. The number of hydrogen-bond donors (Lipinski definition) is 3. The highest BCUT2D eigenvalue weighted by Crippen LogP contribution is 2.32. The first-order chi connectivity index (χ1) is 12.2. The highest BCUT2D eigenvalue weighted by molar-refractivity contribution is 7.99. The molecule has 0 radical (unpaired) electrons. The van der Waals surface area contributed by atoms with Gasteiger partial charge in [0, 0.05) is 19.1 Å². The maximum atomic E-state index is 9.32. The Hall–Kier alpha value is -1.64. The van der Waals surface area contributed by atoms with E-state index in [0.29, 0.717) is 0 Å². The van der Waals surface area contributed by atoms with Crippen LogP contribution in [0.15, 0.2) is 23.5 Å².